The Kier molecular flexibility index (Phi) is 3.88. The van der Waals surface area contributed by atoms with Crippen LogP contribution in [0.2, 0.25) is 0 Å². The van der Waals surface area contributed by atoms with Crippen LogP contribution in [0.1, 0.15) is 45.4 Å². The van der Waals surface area contributed by atoms with Gasteiger partial charge in [0.15, 0.2) is 0 Å². The number of ether oxygens (including phenoxy) is 1. The smallest absolute Gasteiger partial charge is 0.0909 e. The second kappa shape index (κ2) is 5.03. The monoisotopic (exact) mass is 228 g/mol. The Balaban J connectivity index is 1.93. The highest BCUT2D eigenvalue weighted by atomic mass is 16.5. The highest BCUT2D eigenvalue weighted by Gasteiger charge is 2.42. The van der Waals surface area contributed by atoms with Gasteiger partial charge in [-0.15, -0.1) is 0 Å². The van der Waals surface area contributed by atoms with Crippen LogP contribution >= 0.6 is 0 Å². The molecular formula is C13H24O3. The molecule has 3 heteroatoms. The van der Waals surface area contributed by atoms with Gasteiger partial charge >= 0.3 is 0 Å². The molecule has 0 bridgehead atoms. The van der Waals surface area contributed by atoms with Crippen molar-refractivity contribution in [2.24, 2.45) is 11.8 Å². The molecule has 1 aliphatic heterocycles. The summed E-state index contributed by atoms with van der Waals surface area (Å²) in [4.78, 5) is 0. The van der Waals surface area contributed by atoms with Crippen molar-refractivity contribution in [3.8, 4) is 0 Å². The molecule has 1 saturated carbocycles. The van der Waals surface area contributed by atoms with Crippen LogP contribution in [0.15, 0.2) is 0 Å². The second-order valence-electron chi connectivity index (χ2n) is 5.71. The molecule has 1 heterocycles. The van der Waals surface area contributed by atoms with Gasteiger partial charge in [0, 0.05) is 12.5 Å². The lowest BCUT2D eigenvalue weighted by atomic mass is 9.72. The van der Waals surface area contributed by atoms with Crippen molar-refractivity contribution in [3.05, 3.63) is 0 Å². The van der Waals surface area contributed by atoms with Crippen LogP contribution < -0.4 is 0 Å². The van der Waals surface area contributed by atoms with Gasteiger partial charge < -0.3 is 14.9 Å². The van der Waals surface area contributed by atoms with Crippen LogP contribution in [0, 0.1) is 11.8 Å². The van der Waals surface area contributed by atoms with Crippen molar-refractivity contribution < 1.29 is 14.9 Å². The molecule has 2 N–H and O–H groups in total. The summed E-state index contributed by atoms with van der Waals surface area (Å²) in [5.41, 5.74) is -0.849. The van der Waals surface area contributed by atoms with Crippen molar-refractivity contribution >= 4 is 0 Å². The van der Waals surface area contributed by atoms with Gasteiger partial charge in [-0.2, -0.15) is 0 Å². The zero-order valence-corrected chi connectivity index (χ0v) is 10.2. The molecule has 2 atom stereocenters. The van der Waals surface area contributed by atoms with Crippen molar-refractivity contribution in [1.29, 1.82) is 0 Å². The van der Waals surface area contributed by atoms with E-state index in [0.717, 1.165) is 45.1 Å². The molecule has 2 rings (SSSR count). The SMILES string of the molecule is CC1CCC(O)(C(O)C2CCCOC2)CC1. The van der Waals surface area contributed by atoms with Crippen molar-refractivity contribution in [1.82, 2.24) is 0 Å². The van der Waals surface area contributed by atoms with Gasteiger partial charge in [0.25, 0.3) is 0 Å². The average molecular weight is 228 g/mol. The van der Waals surface area contributed by atoms with Gasteiger partial charge in [-0.25, -0.2) is 0 Å². The summed E-state index contributed by atoms with van der Waals surface area (Å²) >= 11 is 0. The Bertz CT molecular complexity index is 215. The zero-order chi connectivity index (χ0) is 11.6. The first-order valence-corrected chi connectivity index (χ1v) is 6.60. The highest BCUT2D eigenvalue weighted by molar-refractivity contribution is 4.94. The second-order valence-corrected chi connectivity index (χ2v) is 5.71. The van der Waals surface area contributed by atoms with Gasteiger partial charge in [0.05, 0.1) is 18.3 Å². The number of hydrogen-bond acceptors (Lipinski definition) is 3. The predicted molar refractivity (Wildman–Crippen MR) is 62.1 cm³/mol. The van der Waals surface area contributed by atoms with E-state index < -0.39 is 11.7 Å². The maximum Gasteiger partial charge on any atom is 0.0909 e. The van der Waals surface area contributed by atoms with Crippen LogP contribution in [-0.2, 0) is 4.74 Å². The molecule has 94 valence electrons. The number of hydrogen-bond donors (Lipinski definition) is 2. The third kappa shape index (κ3) is 2.58. The fourth-order valence-corrected chi connectivity index (χ4v) is 3.01. The summed E-state index contributed by atoms with van der Waals surface area (Å²) in [5.74, 6) is 0.822. The first-order valence-electron chi connectivity index (χ1n) is 6.60. The van der Waals surface area contributed by atoms with E-state index in [0.29, 0.717) is 12.5 Å². The first-order chi connectivity index (χ1) is 7.62. The molecule has 3 nitrogen and oxygen atoms in total. The third-order valence-corrected chi connectivity index (χ3v) is 4.33. The zero-order valence-electron chi connectivity index (χ0n) is 10.2. The van der Waals surface area contributed by atoms with Gasteiger partial charge in [0.2, 0.25) is 0 Å². The van der Waals surface area contributed by atoms with Crippen LogP contribution in [0.4, 0.5) is 0 Å². The minimum Gasteiger partial charge on any atom is -0.390 e. The summed E-state index contributed by atoms with van der Waals surface area (Å²) in [5, 5.41) is 20.8. The van der Waals surface area contributed by atoms with E-state index in [1.54, 1.807) is 0 Å². The van der Waals surface area contributed by atoms with E-state index >= 15 is 0 Å². The summed E-state index contributed by atoms with van der Waals surface area (Å²) in [6, 6.07) is 0. The van der Waals surface area contributed by atoms with Crippen molar-refractivity contribution in [3.63, 3.8) is 0 Å². The molecule has 0 aromatic heterocycles. The quantitative estimate of drug-likeness (QED) is 0.756. The van der Waals surface area contributed by atoms with Crippen LogP contribution in [0.25, 0.3) is 0 Å². The summed E-state index contributed by atoms with van der Waals surface area (Å²) in [7, 11) is 0. The van der Waals surface area contributed by atoms with Gasteiger partial charge in [-0.1, -0.05) is 6.92 Å². The minimum absolute atomic E-state index is 0.132. The summed E-state index contributed by atoms with van der Waals surface area (Å²) < 4.78 is 5.39. The summed E-state index contributed by atoms with van der Waals surface area (Å²) in [6.07, 6.45) is 4.94. The maximum absolute atomic E-state index is 10.5. The Labute approximate surface area is 97.8 Å². The standard InChI is InChI=1S/C13H24O3/c1-10-4-6-13(15,7-5-10)12(14)11-3-2-8-16-9-11/h10-12,14-15H,2-9H2,1H3. The fourth-order valence-electron chi connectivity index (χ4n) is 3.01. The molecule has 2 unspecified atom stereocenters. The molecule has 1 aliphatic carbocycles. The number of aliphatic hydroxyl groups excluding tert-OH is 1. The van der Waals surface area contributed by atoms with Gasteiger partial charge in [-0.05, 0) is 44.4 Å². The Morgan fingerprint density at radius 2 is 1.94 bits per heavy atom. The summed E-state index contributed by atoms with van der Waals surface area (Å²) in [6.45, 7) is 3.63. The number of rotatable bonds is 2. The topological polar surface area (TPSA) is 49.7 Å². The molecule has 2 fully saturated rings. The van der Waals surface area contributed by atoms with Crippen molar-refractivity contribution in [2.45, 2.75) is 57.2 Å². The Hall–Kier alpha value is -0.120. The molecule has 2 aliphatic rings. The largest absolute Gasteiger partial charge is 0.390 e. The lowest BCUT2D eigenvalue weighted by molar-refractivity contribution is -0.143. The van der Waals surface area contributed by atoms with E-state index in [1.807, 2.05) is 0 Å². The fraction of sp³-hybridized carbons (Fsp3) is 1.00. The minimum atomic E-state index is -0.849. The van der Waals surface area contributed by atoms with Crippen LogP contribution in [-0.4, -0.2) is 35.1 Å². The molecule has 0 spiro atoms. The first kappa shape index (κ1) is 12.3. The average Bonchev–Trinajstić information content (AvgIpc) is 2.33. The van der Waals surface area contributed by atoms with E-state index in [1.165, 1.54) is 0 Å². The molecule has 0 aromatic carbocycles. The Morgan fingerprint density at radius 1 is 1.25 bits per heavy atom. The van der Waals surface area contributed by atoms with Crippen molar-refractivity contribution in [2.75, 3.05) is 13.2 Å². The lowest BCUT2D eigenvalue weighted by Crippen LogP contribution is -2.50. The molecule has 16 heavy (non-hydrogen) atoms. The van der Waals surface area contributed by atoms with Gasteiger partial charge in [-0.3, -0.25) is 0 Å². The highest BCUT2D eigenvalue weighted by Crippen LogP contribution is 2.37. The molecule has 1 saturated heterocycles. The van der Waals surface area contributed by atoms with E-state index in [-0.39, 0.29) is 5.92 Å². The molecule has 0 aromatic rings. The van der Waals surface area contributed by atoms with E-state index in [9.17, 15) is 10.2 Å². The molecular weight excluding hydrogens is 204 g/mol. The Morgan fingerprint density at radius 3 is 2.50 bits per heavy atom. The molecule has 0 amide bonds. The number of aliphatic hydroxyl groups is 2. The molecule has 0 radical (unpaired) electrons. The normalized spacial score (nSPS) is 42.9. The van der Waals surface area contributed by atoms with Crippen LogP contribution in [0.5, 0.6) is 0 Å². The maximum atomic E-state index is 10.5. The van der Waals surface area contributed by atoms with Crippen LogP contribution in [0.3, 0.4) is 0 Å². The predicted octanol–water partition coefficient (Wildman–Crippen LogP) is 1.72. The third-order valence-electron chi connectivity index (χ3n) is 4.33. The van der Waals surface area contributed by atoms with E-state index in [2.05, 4.69) is 6.92 Å². The van der Waals surface area contributed by atoms with E-state index in [4.69, 9.17) is 4.74 Å². The lowest BCUT2D eigenvalue weighted by Gasteiger charge is -2.42. The van der Waals surface area contributed by atoms with Gasteiger partial charge in [0.1, 0.15) is 0 Å².